The SMILES string of the molecule is CCSCC(C)Nc1cc(C(F)(F)F)cc(NC)n1. The van der Waals surface area contributed by atoms with Crippen LogP contribution in [-0.2, 0) is 6.18 Å². The first-order chi connectivity index (χ1) is 8.86. The molecule has 0 saturated heterocycles. The fourth-order valence-corrected chi connectivity index (χ4v) is 2.16. The zero-order valence-corrected chi connectivity index (χ0v) is 12.0. The Morgan fingerprint density at radius 1 is 1.32 bits per heavy atom. The van der Waals surface area contributed by atoms with Crippen LogP contribution >= 0.6 is 11.8 Å². The van der Waals surface area contributed by atoms with Gasteiger partial charge in [-0.25, -0.2) is 4.98 Å². The Labute approximate surface area is 115 Å². The summed E-state index contributed by atoms with van der Waals surface area (Å²) in [6.45, 7) is 3.96. The van der Waals surface area contributed by atoms with Gasteiger partial charge in [0.1, 0.15) is 11.6 Å². The predicted octanol–water partition coefficient (Wildman–Crippen LogP) is 3.70. The van der Waals surface area contributed by atoms with E-state index in [4.69, 9.17) is 0 Å². The molecule has 0 aliphatic rings. The van der Waals surface area contributed by atoms with Crippen LogP contribution in [0.1, 0.15) is 19.4 Å². The third-order valence-corrected chi connectivity index (χ3v) is 3.52. The van der Waals surface area contributed by atoms with E-state index in [-0.39, 0.29) is 17.7 Å². The van der Waals surface area contributed by atoms with E-state index < -0.39 is 11.7 Å². The molecule has 0 fully saturated rings. The molecule has 0 aliphatic heterocycles. The van der Waals surface area contributed by atoms with Crippen LogP contribution in [0.3, 0.4) is 0 Å². The number of pyridine rings is 1. The van der Waals surface area contributed by atoms with Crippen molar-refractivity contribution in [1.82, 2.24) is 4.98 Å². The van der Waals surface area contributed by atoms with Crippen LogP contribution in [-0.4, -0.2) is 29.6 Å². The van der Waals surface area contributed by atoms with Gasteiger partial charge in [-0.3, -0.25) is 0 Å². The standard InChI is InChI=1S/C12H18F3N3S/c1-4-19-7-8(2)17-11-6-9(12(13,14)15)5-10(16-3)18-11/h5-6,8H,4,7H2,1-3H3,(H2,16,17,18). The van der Waals surface area contributed by atoms with Gasteiger partial charge in [-0.05, 0) is 24.8 Å². The van der Waals surface area contributed by atoms with E-state index in [9.17, 15) is 13.2 Å². The Balaban J connectivity index is 2.88. The Kier molecular flexibility index (Phi) is 5.78. The highest BCUT2D eigenvalue weighted by Gasteiger charge is 2.31. The minimum absolute atomic E-state index is 0.0608. The Bertz CT molecular complexity index is 410. The fourth-order valence-electron chi connectivity index (χ4n) is 1.48. The molecule has 0 aliphatic carbocycles. The van der Waals surface area contributed by atoms with E-state index in [0.717, 1.165) is 23.6 Å². The summed E-state index contributed by atoms with van der Waals surface area (Å²) in [5.74, 6) is 2.24. The molecular formula is C12H18F3N3S. The number of nitrogens with zero attached hydrogens (tertiary/aromatic N) is 1. The van der Waals surface area contributed by atoms with Crippen molar-refractivity contribution in [3.8, 4) is 0 Å². The second-order valence-electron chi connectivity index (χ2n) is 4.08. The lowest BCUT2D eigenvalue weighted by molar-refractivity contribution is -0.137. The summed E-state index contributed by atoms with van der Waals surface area (Å²) in [4.78, 5) is 4.08. The predicted molar refractivity (Wildman–Crippen MR) is 74.9 cm³/mol. The van der Waals surface area contributed by atoms with Crippen molar-refractivity contribution in [3.63, 3.8) is 0 Å². The number of alkyl halides is 3. The Hall–Kier alpha value is -1.11. The molecule has 1 heterocycles. The number of rotatable bonds is 6. The van der Waals surface area contributed by atoms with Gasteiger partial charge in [0.05, 0.1) is 5.56 Å². The molecule has 108 valence electrons. The van der Waals surface area contributed by atoms with Crippen molar-refractivity contribution in [2.24, 2.45) is 0 Å². The normalized spacial score (nSPS) is 13.2. The summed E-state index contributed by atoms with van der Waals surface area (Å²) in [7, 11) is 1.54. The first-order valence-corrected chi connectivity index (χ1v) is 7.13. The number of hydrogen-bond acceptors (Lipinski definition) is 4. The van der Waals surface area contributed by atoms with E-state index in [1.165, 1.54) is 0 Å². The first kappa shape index (κ1) is 15.9. The molecular weight excluding hydrogens is 275 g/mol. The molecule has 0 bridgehead atoms. The van der Waals surface area contributed by atoms with Crippen LogP contribution in [0.15, 0.2) is 12.1 Å². The highest BCUT2D eigenvalue weighted by atomic mass is 32.2. The van der Waals surface area contributed by atoms with Crippen molar-refractivity contribution in [2.75, 3.05) is 29.2 Å². The van der Waals surface area contributed by atoms with E-state index in [0.29, 0.717) is 0 Å². The average molecular weight is 293 g/mol. The van der Waals surface area contributed by atoms with Crippen molar-refractivity contribution >= 4 is 23.4 Å². The molecule has 0 radical (unpaired) electrons. The smallest absolute Gasteiger partial charge is 0.373 e. The van der Waals surface area contributed by atoms with Crippen molar-refractivity contribution < 1.29 is 13.2 Å². The first-order valence-electron chi connectivity index (χ1n) is 5.98. The molecule has 0 amide bonds. The van der Waals surface area contributed by atoms with Gasteiger partial charge in [0.25, 0.3) is 0 Å². The lowest BCUT2D eigenvalue weighted by Gasteiger charge is -2.16. The van der Waals surface area contributed by atoms with Crippen LogP contribution in [0.25, 0.3) is 0 Å². The number of aromatic nitrogens is 1. The fraction of sp³-hybridized carbons (Fsp3) is 0.583. The molecule has 1 unspecified atom stereocenters. The largest absolute Gasteiger partial charge is 0.416 e. The number of nitrogens with one attached hydrogen (secondary N) is 2. The zero-order valence-electron chi connectivity index (χ0n) is 11.1. The number of halogens is 3. The summed E-state index contributed by atoms with van der Waals surface area (Å²) < 4.78 is 38.2. The van der Waals surface area contributed by atoms with Gasteiger partial charge in [0.15, 0.2) is 0 Å². The van der Waals surface area contributed by atoms with Gasteiger partial charge < -0.3 is 10.6 Å². The van der Waals surface area contributed by atoms with Gasteiger partial charge in [-0.2, -0.15) is 24.9 Å². The van der Waals surface area contributed by atoms with E-state index >= 15 is 0 Å². The lowest BCUT2D eigenvalue weighted by atomic mass is 10.2. The number of thioether (sulfide) groups is 1. The number of hydrogen-bond donors (Lipinski definition) is 2. The van der Waals surface area contributed by atoms with Gasteiger partial charge in [-0.15, -0.1) is 0 Å². The zero-order chi connectivity index (χ0) is 14.5. The Morgan fingerprint density at radius 2 is 1.95 bits per heavy atom. The monoisotopic (exact) mass is 293 g/mol. The van der Waals surface area contributed by atoms with Crippen molar-refractivity contribution in [2.45, 2.75) is 26.1 Å². The second kappa shape index (κ2) is 6.88. The van der Waals surface area contributed by atoms with E-state index in [2.05, 4.69) is 15.6 Å². The lowest BCUT2D eigenvalue weighted by Crippen LogP contribution is -2.20. The van der Waals surface area contributed by atoms with Crippen LogP contribution in [0.2, 0.25) is 0 Å². The van der Waals surface area contributed by atoms with Crippen LogP contribution < -0.4 is 10.6 Å². The highest BCUT2D eigenvalue weighted by Crippen LogP contribution is 2.32. The minimum atomic E-state index is -4.37. The van der Waals surface area contributed by atoms with Gasteiger partial charge in [0.2, 0.25) is 0 Å². The van der Waals surface area contributed by atoms with Crippen LogP contribution in [0, 0.1) is 0 Å². The molecule has 1 rings (SSSR count). The van der Waals surface area contributed by atoms with Gasteiger partial charge >= 0.3 is 6.18 Å². The van der Waals surface area contributed by atoms with E-state index in [1.807, 2.05) is 13.8 Å². The van der Waals surface area contributed by atoms with Crippen LogP contribution in [0.5, 0.6) is 0 Å². The summed E-state index contributed by atoms with van der Waals surface area (Å²) in [6, 6.07) is 2.09. The molecule has 2 N–H and O–H groups in total. The molecule has 0 saturated carbocycles. The molecule has 0 spiro atoms. The Morgan fingerprint density at radius 3 is 2.47 bits per heavy atom. The second-order valence-corrected chi connectivity index (χ2v) is 5.40. The third kappa shape index (κ3) is 5.18. The average Bonchev–Trinajstić information content (AvgIpc) is 2.34. The van der Waals surface area contributed by atoms with E-state index in [1.54, 1.807) is 18.8 Å². The molecule has 7 heteroatoms. The summed E-state index contributed by atoms with van der Waals surface area (Å²) in [6.07, 6.45) is -4.37. The summed E-state index contributed by atoms with van der Waals surface area (Å²) in [5, 5.41) is 5.63. The maximum atomic E-state index is 12.7. The minimum Gasteiger partial charge on any atom is -0.373 e. The van der Waals surface area contributed by atoms with Gasteiger partial charge in [-0.1, -0.05) is 6.92 Å². The topological polar surface area (TPSA) is 37.0 Å². The third-order valence-electron chi connectivity index (χ3n) is 2.38. The number of anilines is 2. The van der Waals surface area contributed by atoms with Gasteiger partial charge in [0, 0.05) is 18.8 Å². The molecule has 19 heavy (non-hydrogen) atoms. The van der Waals surface area contributed by atoms with Crippen molar-refractivity contribution in [3.05, 3.63) is 17.7 Å². The molecule has 1 aromatic rings. The molecule has 3 nitrogen and oxygen atoms in total. The molecule has 1 atom stereocenters. The van der Waals surface area contributed by atoms with Crippen LogP contribution in [0.4, 0.5) is 24.8 Å². The summed E-state index contributed by atoms with van der Waals surface area (Å²) in [5.41, 5.74) is -0.704. The highest BCUT2D eigenvalue weighted by molar-refractivity contribution is 7.99. The molecule has 0 aromatic carbocycles. The maximum Gasteiger partial charge on any atom is 0.416 e. The quantitative estimate of drug-likeness (QED) is 0.838. The summed E-state index contributed by atoms with van der Waals surface area (Å²) >= 11 is 1.73. The molecule has 1 aromatic heterocycles. The maximum absolute atomic E-state index is 12.7. The van der Waals surface area contributed by atoms with Crippen molar-refractivity contribution in [1.29, 1.82) is 0 Å².